The van der Waals surface area contributed by atoms with Gasteiger partial charge >= 0.3 is 5.97 Å². The summed E-state index contributed by atoms with van der Waals surface area (Å²) in [5.41, 5.74) is 6.27. The van der Waals surface area contributed by atoms with Crippen LogP contribution in [0.4, 0.5) is 0 Å². The monoisotopic (exact) mass is 493 g/mol. The van der Waals surface area contributed by atoms with Gasteiger partial charge in [-0.3, -0.25) is 4.79 Å². The second kappa shape index (κ2) is 12.6. The Kier molecular flexibility index (Phi) is 9.06. The summed E-state index contributed by atoms with van der Waals surface area (Å²) in [5.74, 6) is 1.97. The molecule has 2 aromatic rings. The average Bonchev–Trinajstić information content (AvgIpc) is 3.27. The van der Waals surface area contributed by atoms with Gasteiger partial charge in [-0.25, -0.2) is 4.79 Å². The van der Waals surface area contributed by atoms with E-state index in [4.69, 9.17) is 31.1 Å². The summed E-state index contributed by atoms with van der Waals surface area (Å²) in [7, 11) is 0. The first-order valence-corrected chi connectivity index (χ1v) is 12.4. The van der Waals surface area contributed by atoms with Gasteiger partial charge in [-0.15, -0.1) is 6.42 Å². The van der Waals surface area contributed by atoms with Crippen molar-refractivity contribution < 1.29 is 33.1 Å². The minimum atomic E-state index is -0.658. The fourth-order valence-corrected chi connectivity index (χ4v) is 4.82. The van der Waals surface area contributed by atoms with Crippen molar-refractivity contribution in [3.05, 3.63) is 66.0 Å². The number of hydrogen-bond donors (Lipinski definition) is 1. The van der Waals surface area contributed by atoms with E-state index in [-0.39, 0.29) is 13.2 Å². The van der Waals surface area contributed by atoms with Crippen molar-refractivity contribution in [1.29, 1.82) is 0 Å². The smallest absolute Gasteiger partial charge is 0.338 e. The van der Waals surface area contributed by atoms with Crippen molar-refractivity contribution in [1.82, 2.24) is 0 Å². The van der Waals surface area contributed by atoms with E-state index in [0.717, 1.165) is 12.8 Å². The normalized spacial score (nSPS) is 24.2. The van der Waals surface area contributed by atoms with Gasteiger partial charge in [0, 0.05) is 6.07 Å². The van der Waals surface area contributed by atoms with E-state index in [0.29, 0.717) is 23.7 Å². The zero-order chi connectivity index (χ0) is 25.3. The van der Waals surface area contributed by atoms with Gasteiger partial charge in [0.2, 0.25) is 0 Å². The van der Waals surface area contributed by atoms with Crippen molar-refractivity contribution in [2.45, 2.75) is 56.6 Å². The molecule has 8 heteroatoms. The minimum Gasteiger partial charge on any atom is -0.459 e. The van der Waals surface area contributed by atoms with Crippen LogP contribution < -0.4 is 10.3 Å². The molecule has 2 heterocycles. The number of primary amides is 1. The lowest BCUT2D eigenvalue weighted by molar-refractivity contribution is -0.766. The maximum absolute atomic E-state index is 12.6. The molecule has 1 aliphatic carbocycles. The fourth-order valence-electron chi connectivity index (χ4n) is 4.82. The molecule has 1 aromatic carbocycles. The van der Waals surface area contributed by atoms with E-state index < -0.39 is 36.4 Å². The Morgan fingerprint density at radius 1 is 1.00 bits per heavy atom. The first-order chi connectivity index (χ1) is 17.6. The van der Waals surface area contributed by atoms with Crippen molar-refractivity contribution in [2.24, 2.45) is 11.7 Å². The molecule has 4 rings (SSSR count). The molecule has 0 spiro atoms. The summed E-state index contributed by atoms with van der Waals surface area (Å²) in [6.45, 7) is 0.595. The molecular weight excluding hydrogens is 460 g/mol. The summed E-state index contributed by atoms with van der Waals surface area (Å²) < 4.78 is 26.1. The lowest BCUT2D eigenvalue weighted by Crippen LogP contribution is -2.48. The molecule has 190 valence electrons. The van der Waals surface area contributed by atoms with E-state index in [1.807, 2.05) is 6.07 Å². The third-order valence-electron chi connectivity index (χ3n) is 6.68. The number of carbonyl (C=O) groups is 2. The molecule has 1 saturated carbocycles. The predicted octanol–water partition coefficient (Wildman–Crippen LogP) is 2.81. The van der Waals surface area contributed by atoms with Crippen LogP contribution >= 0.6 is 0 Å². The number of hydrogen-bond acceptors (Lipinski definition) is 6. The molecule has 36 heavy (non-hydrogen) atoms. The second-order valence-corrected chi connectivity index (χ2v) is 9.22. The average molecular weight is 494 g/mol. The summed E-state index contributed by atoms with van der Waals surface area (Å²) in [5, 5.41) is 0. The maximum Gasteiger partial charge on any atom is 0.338 e. The van der Waals surface area contributed by atoms with E-state index in [1.54, 1.807) is 53.4 Å². The summed E-state index contributed by atoms with van der Waals surface area (Å²) in [6.07, 6.45) is 12.4. The molecule has 2 aliphatic rings. The van der Waals surface area contributed by atoms with E-state index in [9.17, 15) is 9.59 Å². The van der Waals surface area contributed by atoms with Crippen molar-refractivity contribution >= 4 is 11.9 Å². The molecule has 4 atom stereocenters. The number of rotatable bonds is 10. The summed E-state index contributed by atoms with van der Waals surface area (Å²) >= 11 is 0. The van der Waals surface area contributed by atoms with Crippen LogP contribution in [0.25, 0.3) is 0 Å². The number of pyridine rings is 1. The van der Waals surface area contributed by atoms with Gasteiger partial charge in [0.1, 0.15) is 31.0 Å². The Labute approximate surface area is 211 Å². The minimum absolute atomic E-state index is 0.0223. The lowest BCUT2D eigenvalue weighted by Gasteiger charge is -2.27. The number of ether oxygens (including phenoxy) is 4. The standard InChI is InChI=1S/C28H32N2O6/c1-2-16-33-25-24(34-18-20-10-5-3-6-11-20)23(19-35-28(32)21-12-7-4-8-13-21)36-27(25)30-15-9-14-22(17-30)26(29)31/h1,4,7-9,12-15,17,20,23-25,27H,3,5-6,10-11,16,18-19H2,(H-,29,31)/p+1/t23?,24-,25-,27-/m1/s1. The van der Waals surface area contributed by atoms with Gasteiger partial charge in [-0.2, -0.15) is 4.57 Å². The van der Waals surface area contributed by atoms with Gasteiger partial charge in [0.05, 0.1) is 12.2 Å². The first-order valence-electron chi connectivity index (χ1n) is 12.4. The van der Waals surface area contributed by atoms with Crippen LogP contribution in [0.5, 0.6) is 0 Å². The number of carbonyl (C=O) groups excluding carboxylic acids is 2. The van der Waals surface area contributed by atoms with Crippen molar-refractivity contribution in [2.75, 3.05) is 19.8 Å². The lowest BCUT2D eigenvalue weighted by atomic mass is 9.90. The molecule has 0 radical (unpaired) electrons. The number of amides is 1. The molecule has 8 nitrogen and oxygen atoms in total. The molecule has 0 bridgehead atoms. The highest BCUT2D eigenvalue weighted by molar-refractivity contribution is 5.92. The van der Waals surface area contributed by atoms with Gasteiger partial charge < -0.3 is 24.7 Å². The number of benzene rings is 1. The van der Waals surface area contributed by atoms with Crippen molar-refractivity contribution in [3.8, 4) is 12.3 Å². The Morgan fingerprint density at radius 2 is 1.75 bits per heavy atom. The first kappa shape index (κ1) is 25.8. The van der Waals surface area contributed by atoms with Gasteiger partial charge in [0.15, 0.2) is 18.5 Å². The SMILES string of the molecule is C#CCO[C@@H]1[C@H](OCC2CCCCC2)C(COC(=O)c2ccccc2)O[C@H]1[n+]1cccc(C(N)=O)c1. The van der Waals surface area contributed by atoms with Crippen LogP contribution in [0.1, 0.15) is 59.0 Å². The number of nitrogens with zero attached hydrogens (tertiary/aromatic N) is 1. The number of terminal acetylenes is 1. The summed E-state index contributed by atoms with van der Waals surface area (Å²) in [4.78, 5) is 24.4. The Balaban J connectivity index is 1.55. The second-order valence-electron chi connectivity index (χ2n) is 9.22. The number of nitrogens with two attached hydrogens (primary N) is 1. The zero-order valence-corrected chi connectivity index (χ0v) is 20.3. The van der Waals surface area contributed by atoms with Gasteiger partial charge in [-0.1, -0.05) is 43.4 Å². The quantitative estimate of drug-likeness (QED) is 0.310. The Bertz CT molecular complexity index is 1060. The van der Waals surface area contributed by atoms with E-state index in [1.165, 1.54) is 19.3 Å². The third-order valence-corrected chi connectivity index (χ3v) is 6.68. The molecule has 2 fully saturated rings. The van der Waals surface area contributed by atoms with Crippen LogP contribution in [0.15, 0.2) is 54.9 Å². The highest BCUT2D eigenvalue weighted by atomic mass is 16.6. The van der Waals surface area contributed by atoms with Crippen molar-refractivity contribution in [3.63, 3.8) is 0 Å². The predicted molar refractivity (Wildman–Crippen MR) is 131 cm³/mol. The van der Waals surface area contributed by atoms with Crippen LogP contribution in [-0.4, -0.2) is 50.0 Å². The Hall–Kier alpha value is -3.25. The third kappa shape index (κ3) is 6.49. The van der Waals surface area contributed by atoms with E-state index >= 15 is 0 Å². The highest BCUT2D eigenvalue weighted by Gasteiger charge is 2.52. The zero-order valence-electron chi connectivity index (χ0n) is 20.3. The molecule has 1 unspecified atom stereocenters. The van der Waals surface area contributed by atoms with Gasteiger partial charge in [0.25, 0.3) is 12.1 Å². The number of aromatic nitrogens is 1. The topological polar surface area (TPSA) is 101 Å². The van der Waals surface area contributed by atoms with Crippen LogP contribution in [0, 0.1) is 18.3 Å². The molecule has 2 N–H and O–H groups in total. The molecule has 1 amide bonds. The largest absolute Gasteiger partial charge is 0.459 e. The molecular formula is C28H33N2O6+. The van der Waals surface area contributed by atoms with Crippen LogP contribution in [0.3, 0.4) is 0 Å². The molecule has 1 aromatic heterocycles. The van der Waals surface area contributed by atoms with E-state index in [2.05, 4.69) is 5.92 Å². The van der Waals surface area contributed by atoms with Gasteiger partial charge in [-0.05, 0) is 37.0 Å². The van der Waals surface area contributed by atoms with Crippen LogP contribution in [0.2, 0.25) is 0 Å². The molecule has 1 aliphatic heterocycles. The van der Waals surface area contributed by atoms with Crippen LogP contribution in [-0.2, 0) is 18.9 Å². The summed E-state index contributed by atoms with van der Waals surface area (Å²) in [6, 6.07) is 12.1. The number of esters is 1. The molecule has 1 saturated heterocycles. The fraction of sp³-hybridized carbons (Fsp3) is 0.464. The highest BCUT2D eigenvalue weighted by Crippen LogP contribution is 2.33. The maximum atomic E-state index is 12.6. The Morgan fingerprint density at radius 3 is 2.47 bits per heavy atom.